The van der Waals surface area contributed by atoms with E-state index in [0.717, 1.165) is 5.56 Å². The molecule has 0 bridgehead atoms. The van der Waals surface area contributed by atoms with Gasteiger partial charge in [-0.3, -0.25) is 4.72 Å². The quantitative estimate of drug-likeness (QED) is 0.750. The number of aryl methyl sites for hydroxylation is 1. The highest BCUT2D eigenvalue weighted by Gasteiger charge is 2.13. The Bertz CT molecular complexity index is 583. The fraction of sp³-hybridized carbons (Fsp3) is 0.462. The molecule has 0 fully saturated rings. The van der Waals surface area contributed by atoms with E-state index in [4.69, 9.17) is 22.7 Å². The zero-order chi connectivity index (χ0) is 15.3. The van der Waals surface area contributed by atoms with Crippen molar-refractivity contribution in [3.63, 3.8) is 0 Å². The Labute approximate surface area is 125 Å². The molecule has 0 heterocycles. The van der Waals surface area contributed by atoms with Crippen LogP contribution in [-0.2, 0) is 14.8 Å². The molecule has 20 heavy (non-hydrogen) atoms. The fourth-order valence-corrected chi connectivity index (χ4v) is 2.60. The molecule has 0 aliphatic heterocycles. The second kappa shape index (κ2) is 7.01. The molecule has 0 spiro atoms. The summed E-state index contributed by atoms with van der Waals surface area (Å²) < 4.78 is 31.7. The van der Waals surface area contributed by atoms with E-state index in [-0.39, 0.29) is 23.5 Å². The lowest BCUT2D eigenvalue weighted by atomic mass is 10.1. The average Bonchev–Trinajstić information content (AvgIpc) is 2.30. The van der Waals surface area contributed by atoms with Gasteiger partial charge in [-0.2, -0.15) is 0 Å². The molecule has 0 aliphatic carbocycles. The predicted molar refractivity (Wildman–Crippen MR) is 85.6 cm³/mol. The molecule has 0 aromatic heterocycles. The molecule has 0 atom stereocenters. The number of hydrogen-bond donors (Lipinski definition) is 2. The molecule has 5 nitrogen and oxygen atoms in total. The number of nitrogens with one attached hydrogen (secondary N) is 1. The number of ether oxygens (including phenoxy) is 1. The van der Waals surface area contributed by atoms with E-state index in [9.17, 15) is 8.42 Å². The average molecular weight is 316 g/mol. The molecule has 0 aliphatic rings. The minimum atomic E-state index is -3.45. The van der Waals surface area contributed by atoms with Gasteiger partial charge in [-0.05, 0) is 32.4 Å². The van der Waals surface area contributed by atoms with Gasteiger partial charge in [0.25, 0.3) is 0 Å². The van der Waals surface area contributed by atoms with Gasteiger partial charge in [-0.1, -0.05) is 24.4 Å². The maximum Gasteiger partial charge on any atom is 0.235 e. The Morgan fingerprint density at radius 3 is 2.65 bits per heavy atom. The molecular weight excluding hydrogens is 296 g/mol. The van der Waals surface area contributed by atoms with Gasteiger partial charge in [0.15, 0.2) is 0 Å². The summed E-state index contributed by atoms with van der Waals surface area (Å²) >= 11 is 4.89. The summed E-state index contributed by atoms with van der Waals surface area (Å²) in [6, 6.07) is 5.17. The van der Waals surface area contributed by atoms with Crippen LogP contribution in [0.2, 0.25) is 0 Å². The topological polar surface area (TPSA) is 81.4 Å². The van der Waals surface area contributed by atoms with Crippen LogP contribution in [0.4, 0.5) is 5.69 Å². The second-order valence-electron chi connectivity index (χ2n) is 4.73. The normalized spacial score (nSPS) is 11.6. The van der Waals surface area contributed by atoms with Crippen LogP contribution < -0.4 is 10.5 Å². The number of thiocarbonyl (C=S) groups is 1. The maximum absolute atomic E-state index is 12.0. The molecule has 0 unspecified atom stereocenters. The van der Waals surface area contributed by atoms with Crippen molar-refractivity contribution >= 4 is 32.9 Å². The fourth-order valence-electron chi connectivity index (χ4n) is 1.50. The second-order valence-corrected chi connectivity index (χ2v) is 7.02. The van der Waals surface area contributed by atoms with Gasteiger partial charge >= 0.3 is 0 Å². The molecule has 3 N–H and O–H groups in total. The van der Waals surface area contributed by atoms with E-state index in [1.165, 1.54) is 0 Å². The van der Waals surface area contributed by atoms with Crippen LogP contribution in [0.25, 0.3) is 0 Å². The molecule has 0 amide bonds. The van der Waals surface area contributed by atoms with Crippen LogP contribution in [0.1, 0.15) is 25.0 Å². The van der Waals surface area contributed by atoms with Crippen LogP contribution >= 0.6 is 12.2 Å². The molecular formula is C13H20N2O3S2. The molecule has 0 radical (unpaired) electrons. The van der Waals surface area contributed by atoms with Crippen molar-refractivity contribution in [1.29, 1.82) is 0 Å². The Balaban J connectivity index is 2.81. The smallest absolute Gasteiger partial charge is 0.235 e. The van der Waals surface area contributed by atoms with Crippen LogP contribution in [-0.4, -0.2) is 31.9 Å². The largest absolute Gasteiger partial charge is 0.389 e. The maximum atomic E-state index is 12.0. The Hall–Kier alpha value is -1.18. The molecule has 7 heteroatoms. The van der Waals surface area contributed by atoms with E-state index >= 15 is 0 Å². The van der Waals surface area contributed by atoms with Crippen molar-refractivity contribution in [2.24, 2.45) is 5.73 Å². The minimum Gasteiger partial charge on any atom is -0.389 e. The molecule has 0 saturated carbocycles. The number of hydrogen-bond acceptors (Lipinski definition) is 4. The van der Waals surface area contributed by atoms with Gasteiger partial charge in [0.1, 0.15) is 4.99 Å². The zero-order valence-corrected chi connectivity index (χ0v) is 13.5. The Kier molecular flexibility index (Phi) is 5.91. The van der Waals surface area contributed by atoms with Crippen molar-refractivity contribution in [2.45, 2.75) is 26.9 Å². The van der Waals surface area contributed by atoms with E-state index in [1.807, 2.05) is 20.8 Å². The van der Waals surface area contributed by atoms with Crippen LogP contribution in [0.5, 0.6) is 0 Å². The van der Waals surface area contributed by atoms with Crippen molar-refractivity contribution in [3.05, 3.63) is 29.3 Å². The highest BCUT2D eigenvalue weighted by molar-refractivity contribution is 7.92. The lowest BCUT2D eigenvalue weighted by Crippen LogP contribution is -2.22. The van der Waals surface area contributed by atoms with Gasteiger partial charge in [0.2, 0.25) is 10.0 Å². The molecule has 1 aromatic carbocycles. The van der Waals surface area contributed by atoms with Crippen molar-refractivity contribution in [1.82, 2.24) is 0 Å². The standard InChI is InChI=1S/C13H20N2O3S2/c1-9(2)18-6-7-20(16,17)15-12-8-11(13(14)19)5-4-10(12)3/h4-5,8-9,15H,6-7H2,1-3H3,(H2,14,19). The first-order valence-corrected chi connectivity index (χ1v) is 8.30. The monoisotopic (exact) mass is 316 g/mol. The summed E-state index contributed by atoms with van der Waals surface area (Å²) in [6.45, 7) is 5.68. The van der Waals surface area contributed by atoms with E-state index in [1.54, 1.807) is 18.2 Å². The zero-order valence-electron chi connectivity index (χ0n) is 11.8. The number of sulfonamides is 1. The summed E-state index contributed by atoms with van der Waals surface area (Å²) in [7, 11) is -3.45. The van der Waals surface area contributed by atoms with Crippen LogP contribution in [0.15, 0.2) is 18.2 Å². The third-order valence-corrected chi connectivity index (χ3v) is 4.06. The molecule has 0 saturated heterocycles. The van der Waals surface area contributed by atoms with Crippen molar-refractivity contribution < 1.29 is 13.2 Å². The van der Waals surface area contributed by atoms with Gasteiger partial charge in [-0.25, -0.2) is 8.42 Å². The summed E-state index contributed by atoms with van der Waals surface area (Å²) in [5, 5.41) is 0. The molecule has 1 aromatic rings. The molecule has 1 rings (SSSR count). The van der Waals surface area contributed by atoms with E-state index in [2.05, 4.69) is 4.72 Å². The van der Waals surface area contributed by atoms with Crippen molar-refractivity contribution in [2.75, 3.05) is 17.1 Å². The number of anilines is 1. The highest BCUT2D eigenvalue weighted by Crippen LogP contribution is 2.18. The third-order valence-electron chi connectivity index (χ3n) is 2.59. The van der Waals surface area contributed by atoms with Crippen LogP contribution in [0, 0.1) is 6.92 Å². The Morgan fingerprint density at radius 1 is 1.45 bits per heavy atom. The van der Waals surface area contributed by atoms with Gasteiger partial charge in [0, 0.05) is 5.56 Å². The highest BCUT2D eigenvalue weighted by atomic mass is 32.2. The van der Waals surface area contributed by atoms with Gasteiger partial charge in [0.05, 0.1) is 24.2 Å². The summed E-state index contributed by atoms with van der Waals surface area (Å²) in [5.41, 5.74) is 7.46. The summed E-state index contributed by atoms with van der Waals surface area (Å²) in [5.74, 6) is -0.0953. The number of nitrogens with two attached hydrogens (primary N) is 1. The predicted octanol–water partition coefficient (Wildman–Crippen LogP) is 1.80. The van der Waals surface area contributed by atoms with Gasteiger partial charge in [-0.15, -0.1) is 0 Å². The molecule has 112 valence electrons. The summed E-state index contributed by atoms with van der Waals surface area (Å²) in [6.07, 6.45) is 0.00452. The lowest BCUT2D eigenvalue weighted by molar-refractivity contribution is 0.0913. The SMILES string of the molecule is Cc1ccc(C(N)=S)cc1NS(=O)(=O)CCOC(C)C. The minimum absolute atomic E-state index is 0.00452. The lowest BCUT2D eigenvalue weighted by Gasteiger charge is -2.13. The van der Waals surface area contributed by atoms with E-state index < -0.39 is 10.0 Å². The third kappa shape index (κ3) is 5.44. The van der Waals surface area contributed by atoms with Crippen LogP contribution in [0.3, 0.4) is 0 Å². The first kappa shape index (κ1) is 16.9. The first-order chi connectivity index (χ1) is 9.21. The number of rotatable bonds is 7. The summed E-state index contributed by atoms with van der Waals surface area (Å²) in [4.78, 5) is 0.230. The van der Waals surface area contributed by atoms with Gasteiger partial charge < -0.3 is 10.5 Å². The first-order valence-electron chi connectivity index (χ1n) is 6.24. The number of benzene rings is 1. The Morgan fingerprint density at radius 2 is 2.10 bits per heavy atom. The van der Waals surface area contributed by atoms with E-state index in [0.29, 0.717) is 11.3 Å². The van der Waals surface area contributed by atoms with Crippen molar-refractivity contribution in [3.8, 4) is 0 Å².